The number of rotatable bonds is 0. The number of fused-ring (bicyclic) bond motifs is 5. The molecule has 7 heteroatoms. The van der Waals surface area contributed by atoms with Crippen LogP contribution in [0.1, 0.15) is 22.6 Å². The summed E-state index contributed by atoms with van der Waals surface area (Å²) < 4.78 is 13.6. The number of H-pyrrole nitrogens is 1. The van der Waals surface area contributed by atoms with E-state index >= 15 is 0 Å². The molecule has 1 N–H and O–H groups in total. The highest BCUT2D eigenvalue weighted by molar-refractivity contribution is 7.19. The summed E-state index contributed by atoms with van der Waals surface area (Å²) in [4.78, 5) is 19.2. The Morgan fingerprint density at radius 2 is 2.09 bits per heavy atom. The third-order valence-corrected chi connectivity index (χ3v) is 6.13. The fraction of sp³-hybridized carbons (Fsp3) is 0.500. The quantitative estimate of drug-likeness (QED) is 0.684. The molecule has 1 aliphatic heterocycles. The third kappa shape index (κ3) is 1.75. The lowest BCUT2D eigenvalue weighted by Crippen LogP contribution is -2.36. The molecule has 0 radical (unpaired) electrons. The van der Waals surface area contributed by atoms with Gasteiger partial charge in [0, 0.05) is 30.2 Å². The molecular weight excluding hydrogens is 314 g/mol. The molecule has 3 aromatic heterocycles. The Hall–Kier alpha value is -1.70. The zero-order valence-electron chi connectivity index (χ0n) is 13.1. The van der Waals surface area contributed by atoms with E-state index in [0.29, 0.717) is 18.6 Å². The number of nitrogens with one attached hydrogen (secondary N) is 1. The van der Waals surface area contributed by atoms with E-state index in [-0.39, 0.29) is 5.56 Å². The molecule has 2 aliphatic rings. The molecule has 4 heterocycles. The summed E-state index contributed by atoms with van der Waals surface area (Å²) in [7, 11) is 1.89. The van der Waals surface area contributed by atoms with Crippen molar-refractivity contribution in [2.24, 2.45) is 7.05 Å². The third-order valence-electron chi connectivity index (χ3n) is 5.01. The van der Waals surface area contributed by atoms with E-state index in [2.05, 4.69) is 5.10 Å². The van der Waals surface area contributed by atoms with Crippen LogP contribution in [0.25, 0.3) is 21.1 Å². The standard InChI is InChI=1S/C16H17N3O3S/c1-8-11-13(19(2)18-14(11)20)12-9-3-4-16(21-5-6-22-16)7-10(9)23-15(12)17-8/h3-7H2,1-2H3,(H,18,20). The summed E-state index contributed by atoms with van der Waals surface area (Å²) in [5, 5.41) is 4.70. The van der Waals surface area contributed by atoms with Gasteiger partial charge in [0.05, 0.1) is 29.8 Å². The number of aromatic amines is 1. The predicted octanol–water partition coefficient (Wildman–Crippen LogP) is 2.02. The average molecular weight is 331 g/mol. The van der Waals surface area contributed by atoms with E-state index in [0.717, 1.165) is 40.7 Å². The molecule has 1 saturated heterocycles. The molecular formula is C16H17N3O3S. The maximum Gasteiger partial charge on any atom is 0.273 e. The first-order chi connectivity index (χ1) is 11.1. The van der Waals surface area contributed by atoms with Gasteiger partial charge in [-0.3, -0.25) is 14.6 Å². The first-order valence-corrected chi connectivity index (χ1v) is 8.67. The molecule has 23 heavy (non-hydrogen) atoms. The number of hydrogen-bond donors (Lipinski definition) is 1. The first-order valence-electron chi connectivity index (χ1n) is 7.85. The average Bonchev–Trinajstić information content (AvgIpc) is 3.16. The number of thiophene rings is 1. The molecule has 0 unspecified atom stereocenters. The number of ether oxygens (including phenoxy) is 2. The number of hydrogen-bond acceptors (Lipinski definition) is 5. The van der Waals surface area contributed by atoms with Gasteiger partial charge in [-0.2, -0.15) is 0 Å². The van der Waals surface area contributed by atoms with Gasteiger partial charge in [-0.15, -0.1) is 11.3 Å². The van der Waals surface area contributed by atoms with Gasteiger partial charge in [-0.1, -0.05) is 0 Å². The minimum atomic E-state index is -0.438. The van der Waals surface area contributed by atoms with Crippen molar-refractivity contribution < 1.29 is 9.47 Å². The van der Waals surface area contributed by atoms with Crippen molar-refractivity contribution in [1.29, 1.82) is 0 Å². The summed E-state index contributed by atoms with van der Waals surface area (Å²) >= 11 is 1.71. The van der Waals surface area contributed by atoms with E-state index in [9.17, 15) is 4.79 Å². The Bertz CT molecular complexity index is 1010. The Kier molecular flexibility index (Phi) is 2.64. The number of nitrogens with zero attached hydrogens (tertiary/aromatic N) is 2. The van der Waals surface area contributed by atoms with Crippen molar-refractivity contribution in [3.8, 4) is 0 Å². The summed E-state index contributed by atoms with van der Waals surface area (Å²) in [6, 6.07) is 0. The normalized spacial score (nSPS) is 19.9. The number of aryl methyl sites for hydroxylation is 3. The lowest BCUT2D eigenvalue weighted by atomic mass is 9.91. The second-order valence-corrected chi connectivity index (χ2v) is 7.47. The molecule has 1 aliphatic carbocycles. The topological polar surface area (TPSA) is 69.1 Å². The van der Waals surface area contributed by atoms with Crippen LogP contribution >= 0.6 is 11.3 Å². The van der Waals surface area contributed by atoms with Crippen molar-refractivity contribution in [2.45, 2.75) is 32.0 Å². The van der Waals surface area contributed by atoms with Gasteiger partial charge in [0.1, 0.15) is 4.83 Å². The molecule has 0 saturated carbocycles. The number of pyridine rings is 1. The van der Waals surface area contributed by atoms with Gasteiger partial charge >= 0.3 is 0 Å². The Morgan fingerprint density at radius 1 is 1.30 bits per heavy atom. The van der Waals surface area contributed by atoms with Crippen LogP contribution in [-0.4, -0.2) is 33.8 Å². The Morgan fingerprint density at radius 3 is 2.87 bits per heavy atom. The van der Waals surface area contributed by atoms with Crippen LogP contribution in [0.5, 0.6) is 0 Å². The number of aromatic nitrogens is 3. The SMILES string of the molecule is Cc1nc2sc3c(c2c2c1c(=O)[nH]n2C)CCC1(C3)OCCO1. The Balaban J connectivity index is 1.82. The van der Waals surface area contributed by atoms with E-state index in [1.807, 2.05) is 18.7 Å². The second kappa shape index (κ2) is 4.43. The van der Waals surface area contributed by atoms with Gasteiger partial charge in [-0.25, -0.2) is 4.98 Å². The fourth-order valence-electron chi connectivity index (χ4n) is 4.00. The van der Waals surface area contributed by atoms with E-state index in [1.165, 1.54) is 10.4 Å². The zero-order chi connectivity index (χ0) is 15.8. The highest BCUT2D eigenvalue weighted by Crippen LogP contribution is 2.44. The maximum atomic E-state index is 12.2. The summed E-state index contributed by atoms with van der Waals surface area (Å²) in [6.07, 6.45) is 2.54. The molecule has 5 rings (SSSR count). The smallest absolute Gasteiger partial charge is 0.273 e. The van der Waals surface area contributed by atoms with Gasteiger partial charge < -0.3 is 9.47 Å². The minimum absolute atomic E-state index is 0.0657. The fourth-order valence-corrected chi connectivity index (χ4v) is 5.35. The molecule has 0 aromatic carbocycles. The molecule has 0 amide bonds. The van der Waals surface area contributed by atoms with Gasteiger partial charge in [0.15, 0.2) is 5.79 Å². The lowest BCUT2D eigenvalue weighted by Gasteiger charge is -2.31. The van der Waals surface area contributed by atoms with Gasteiger partial charge in [0.25, 0.3) is 5.56 Å². The Labute approximate surface area is 136 Å². The highest BCUT2D eigenvalue weighted by Gasteiger charge is 2.41. The molecule has 1 fully saturated rings. The van der Waals surface area contributed by atoms with Crippen LogP contribution < -0.4 is 5.56 Å². The second-order valence-electron chi connectivity index (χ2n) is 6.39. The van der Waals surface area contributed by atoms with E-state index < -0.39 is 5.79 Å². The molecule has 1 spiro atoms. The molecule has 120 valence electrons. The van der Waals surface area contributed by atoms with Crippen molar-refractivity contribution in [3.63, 3.8) is 0 Å². The highest BCUT2D eigenvalue weighted by atomic mass is 32.1. The summed E-state index contributed by atoms with van der Waals surface area (Å²) in [5.74, 6) is -0.438. The first kappa shape index (κ1) is 13.7. The van der Waals surface area contributed by atoms with Gasteiger partial charge in [-0.05, 0) is 18.9 Å². The molecule has 0 atom stereocenters. The van der Waals surface area contributed by atoms with Crippen LogP contribution in [0.3, 0.4) is 0 Å². The molecule has 0 bridgehead atoms. The lowest BCUT2D eigenvalue weighted by molar-refractivity contribution is -0.163. The van der Waals surface area contributed by atoms with Crippen LogP contribution in [0.4, 0.5) is 0 Å². The van der Waals surface area contributed by atoms with Crippen molar-refractivity contribution >= 4 is 32.5 Å². The van der Waals surface area contributed by atoms with Crippen LogP contribution in [-0.2, 0) is 29.4 Å². The van der Waals surface area contributed by atoms with E-state index in [1.54, 1.807) is 11.3 Å². The van der Waals surface area contributed by atoms with Crippen molar-refractivity contribution in [3.05, 3.63) is 26.5 Å². The largest absolute Gasteiger partial charge is 0.347 e. The maximum absolute atomic E-state index is 12.2. The van der Waals surface area contributed by atoms with Crippen LogP contribution in [0, 0.1) is 6.92 Å². The van der Waals surface area contributed by atoms with Crippen molar-refractivity contribution in [2.75, 3.05) is 13.2 Å². The van der Waals surface area contributed by atoms with Gasteiger partial charge in [0.2, 0.25) is 0 Å². The minimum Gasteiger partial charge on any atom is -0.347 e. The van der Waals surface area contributed by atoms with E-state index in [4.69, 9.17) is 14.5 Å². The summed E-state index contributed by atoms with van der Waals surface area (Å²) in [6.45, 7) is 3.25. The molecule has 6 nitrogen and oxygen atoms in total. The zero-order valence-corrected chi connectivity index (χ0v) is 13.9. The predicted molar refractivity (Wildman–Crippen MR) is 88.1 cm³/mol. The van der Waals surface area contributed by atoms with Crippen molar-refractivity contribution in [1.82, 2.24) is 14.8 Å². The van der Waals surface area contributed by atoms with Crippen LogP contribution in [0.15, 0.2) is 4.79 Å². The monoisotopic (exact) mass is 331 g/mol. The van der Waals surface area contributed by atoms with Crippen LogP contribution in [0.2, 0.25) is 0 Å². The summed E-state index contributed by atoms with van der Waals surface area (Å²) in [5.41, 5.74) is 3.00. The molecule has 3 aromatic rings.